The summed E-state index contributed by atoms with van der Waals surface area (Å²) < 4.78 is 5.31. The number of benzene rings is 2. The van der Waals surface area contributed by atoms with Crippen molar-refractivity contribution in [2.45, 2.75) is 38.8 Å². The first-order chi connectivity index (χ1) is 11.3. The maximum atomic E-state index is 12.2. The maximum Gasteiger partial charge on any atom is 0.408 e. The summed E-state index contributed by atoms with van der Waals surface area (Å²) in [5.74, 6) is -1.62. The quantitative estimate of drug-likeness (QED) is 0.882. The van der Waals surface area contributed by atoms with Crippen molar-refractivity contribution in [1.29, 1.82) is 0 Å². The number of hydrogen-bond donors (Lipinski definition) is 2. The minimum atomic E-state index is -0.920. The van der Waals surface area contributed by atoms with E-state index in [1.165, 1.54) is 0 Å². The fourth-order valence-corrected chi connectivity index (χ4v) is 3.28. The van der Waals surface area contributed by atoms with Crippen LogP contribution in [0.15, 0.2) is 36.4 Å². The number of fused-ring (bicyclic) bond motifs is 3. The molecule has 2 aromatic carbocycles. The van der Waals surface area contributed by atoms with Crippen LogP contribution in [0.4, 0.5) is 4.79 Å². The standard InChI is InChI=1S/C19H21NO4/c1-19(2,3)24-18(23)20-16-14(17(21)22)10-12-9-8-11-6-4-5-7-13(11)15(12)16/h4-9,14,16H,10H2,1-3H3,(H,20,23)(H,21,22). The van der Waals surface area contributed by atoms with E-state index in [2.05, 4.69) is 5.32 Å². The molecule has 1 amide bonds. The topological polar surface area (TPSA) is 75.6 Å². The minimum Gasteiger partial charge on any atom is -0.481 e. The smallest absolute Gasteiger partial charge is 0.408 e. The number of alkyl carbamates (subject to hydrolysis) is 1. The molecule has 1 aliphatic rings. The van der Waals surface area contributed by atoms with Gasteiger partial charge < -0.3 is 15.2 Å². The average molecular weight is 327 g/mol. The van der Waals surface area contributed by atoms with E-state index >= 15 is 0 Å². The highest BCUT2D eigenvalue weighted by atomic mass is 16.6. The molecule has 0 radical (unpaired) electrons. The zero-order valence-corrected chi connectivity index (χ0v) is 14.0. The summed E-state index contributed by atoms with van der Waals surface area (Å²) in [4.78, 5) is 23.9. The Morgan fingerprint density at radius 1 is 1.17 bits per heavy atom. The predicted octanol–water partition coefficient (Wildman–Crippen LogP) is 3.66. The van der Waals surface area contributed by atoms with Crippen molar-refractivity contribution in [1.82, 2.24) is 5.32 Å². The Morgan fingerprint density at radius 3 is 2.54 bits per heavy atom. The van der Waals surface area contributed by atoms with E-state index in [0.717, 1.165) is 21.9 Å². The van der Waals surface area contributed by atoms with Crippen LogP contribution in [0, 0.1) is 5.92 Å². The van der Waals surface area contributed by atoms with Gasteiger partial charge in [0.1, 0.15) is 5.60 Å². The van der Waals surface area contributed by atoms with Crippen molar-refractivity contribution in [3.63, 3.8) is 0 Å². The number of nitrogens with one attached hydrogen (secondary N) is 1. The summed E-state index contributed by atoms with van der Waals surface area (Å²) in [7, 11) is 0. The zero-order valence-electron chi connectivity index (χ0n) is 14.0. The molecule has 0 spiro atoms. The Kier molecular flexibility index (Phi) is 3.95. The monoisotopic (exact) mass is 327 g/mol. The molecule has 5 heteroatoms. The SMILES string of the molecule is CC(C)(C)OC(=O)NC1c2c(ccc3ccccc23)CC1C(=O)O. The van der Waals surface area contributed by atoms with Gasteiger partial charge in [-0.15, -0.1) is 0 Å². The summed E-state index contributed by atoms with van der Waals surface area (Å²) in [6.07, 6.45) is -0.199. The second kappa shape index (κ2) is 5.82. The van der Waals surface area contributed by atoms with Gasteiger partial charge in [0.2, 0.25) is 0 Å². The van der Waals surface area contributed by atoms with Crippen molar-refractivity contribution in [3.8, 4) is 0 Å². The number of rotatable bonds is 2. The molecule has 2 N–H and O–H groups in total. The van der Waals surface area contributed by atoms with Gasteiger partial charge in [-0.05, 0) is 49.1 Å². The lowest BCUT2D eigenvalue weighted by Crippen LogP contribution is -2.38. The lowest BCUT2D eigenvalue weighted by Gasteiger charge is -2.24. The maximum absolute atomic E-state index is 12.2. The molecule has 0 aromatic heterocycles. The number of carboxylic acid groups (broad SMARTS) is 1. The van der Waals surface area contributed by atoms with Gasteiger partial charge in [0.05, 0.1) is 12.0 Å². The number of ether oxygens (including phenoxy) is 1. The summed E-state index contributed by atoms with van der Waals surface area (Å²) >= 11 is 0. The Hall–Kier alpha value is -2.56. The van der Waals surface area contributed by atoms with E-state index in [4.69, 9.17) is 4.74 Å². The first kappa shape index (κ1) is 16.3. The molecule has 2 atom stereocenters. The summed E-state index contributed by atoms with van der Waals surface area (Å²) in [5.41, 5.74) is 1.21. The molecule has 0 heterocycles. The van der Waals surface area contributed by atoms with Crippen molar-refractivity contribution < 1.29 is 19.4 Å². The molecule has 0 saturated heterocycles. The molecular formula is C19H21NO4. The van der Waals surface area contributed by atoms with Crippen LogP contribution in [0.25, 0.3) is 10.8 Å². The van der Waals surface area contributed by atoms with Crippen LogP contribution in [0.1, 0.15) is 37.9 Å². The number of aliphatic carboxylic acids is 1. The van der Waals surface area contributed by atoms with Crippen LogP contribution in [0.5, 0.6) is 0 Å². The molecule has 3 rings (SSSR count). The van der Waals surface area contributed by atoms with E-state index < -0.39 is 29.6 Å². The number of hydrogen-bond acceptors (Lipinski definition) is 3. The third-order valence-electron chi connectivity index (χ3n) is 4.20. The van der Waals surface area contributed by atoms with Crippen molar-refractivity contribution >= 4 is 22.8 Å². The van der Waals surface area contributed by atoms with Gasteiger partial charge >= 0.3 is 12.1 Å². The Labute approximate surface area is 140 Å². The Balaban J connectivity index is 2.02. The Bertz CT molecular complexity index is 807. The van der Waals surface area contributed by atoms with Crippen LogP contribution < -0.4 is 5.32 Å². The first-order valence-corrected chi connectivity index (χ1v) is 7.99. The van der Waals surface area contributed by atoms with Crippen LogP contribution in [0.2, 0.25) is 0 Å². The number of carbonyl (C=O) groups excluding carboxylic acids is 1. The van der Waals surface area contributed by atoms with E-state index in [1.54, 1.807) is 20.8 Å². The first-order valence-electron chi connectivity index (χ1n) is 7.99. The molecule has 1 aliphatic carbocycles. The Morgan fingerprint density at radius 2 is 1.88 bits per heavy atom. The van der Waals surface area contributed by atoms with Crippen LogP contribution in [-0.2, 0) is 16.0 Å². The molecule has 2 aromatic rings. The van der Waals surface area contributed by atoms with Gasteiger partial charge in [-0.3, -0.25) is 4.79 Å². The lowest BCUT2D eigenvalue weighted by atomic mass is 9.96. The van der Waals surface area contributed by atoms with E-state index in [0.29, 0.717) is 6.42 Å². The van der Waals surface area contributed by atoms with Crippen molar-refractivity contribution in [3.05, 3.63) is 47.5 Å². The third kappa shape index (κ3) is 3.07. The zero-order chi connectivity index (χ0) is 17.5. The van der Waals surface area contributed by atoms with E-state index in [1.807, 2.05) is 36.4 Å². The molecule has 0 saturated carbocycles. The van der Waals surface area contributed by atoms with Crippen LogP contribution in [-0.4, -0.2) is 22.8 Å². The second-order valence-corrected chi connectivity index (χ2v) is 7.13. The molecule has 0 aliphatic heterocycles. The largest absolute Gasteiger partial charge is 0.481 e. The fraction of sp³-hybridized carbons (Fsp3) is 0.368. The van der Waals surface area contributed by atoms with Gasteiger partial charge in [0, 0.05) is 0 Å². The van der Waals surface area contributed by atoms with E-state index in [-0.39, 0.29) is 0 Å². The van der Waals surface area contributed by atoms with Crippen molar-refractivity contribution in [2.24, 2.45) is 5.92 Å². The van der Waals surface area contributed by atoms with E-state index in [9.17, 15) is 14.7 Å². The molecule has 5 nitrogen and oxygen atoms in total. The highest BCUT2D eigenvalue weighted by molar-refractivity contribution is 5.90. The number of carbonyl (C=O) groups is 2. The lowest BCUT2D eigenvalue weighted by molar-refractivity contribution is -0.142. The second-order valence-electron chi connectivity index (χ2n) is 7.13. The van der Waals surface area contributed by atoms with Crippen LogP contribution >= 0.6 is 0 Å². The molecule has 0 bridgehead atoms. The van der Waals surface area contributed by atoms with Gasteiger partial charge in [0.25, 0.3) is 0 Å². The molecular weight excluding hydrogens is 306 g/mol. The van der Waals surface area contributed by atoms with Crippen LogP contribution in [0.3, 0.4) is 0 Å². The van der Waals surface area contributed by atoms with Gasteiger partial charge in [0.15, 0.2) is 0 Å². The van der Waals surface area contributed by atoms with Gasteiger partial charge in [-0.25, -0.2) is 4.79 Å². The highest BCUT2D eigenvalue weighted by Gasteiger charge is 2.40. The third-order valence-corrected chi connectivity index (χ3v) is 4.20. The predicted molar refractivity (Wildman–Crippen MR) is 90.9 cm³/mol. The molecule has 126 valence electrons. The summed E-state index contributed by atoms with van der Waals surface area (Å²) in [5, 5.41) is 14.4. The molecule has 0 fully saturated rings. The average Bonchev–Trinajstić information content (AvgIpc) is 2.84. The van der Waals surface area contributed by atoms with Gasteiger partial charge in [-0.2, -0.15) is 0 Å². The summed E-state index contributed by atoms with van der Waals surface area (Å²) in [6.45, 7) is 5.33. The minimum absolute atomic E-state index is 0.399. The number of amides is 1. The summed E-state index contributed by atoms with van der Waals surface area (Å²) in [6, 6.07) is 11.1. The number of carboxylic acids is 1. The van der Waals surface area contributed by atoms with Gasteiger partial charge in [-0.1, -0.05) is 36.4 Å². The molecule has 2 unspecified atom stereocenters. The van der Waals surface area contributed by atoms with Crippen molar-refractivity contribution in [2.75, 3.05) is 0 Å². The normalized spacial score (nSPS) is 19.8. The fourth-order valence-electron chi connectivity index (χ4n) is 3.28. The highest BCUT2D eigenvalue weighted by Crippen LogP contribution is 2.40. The molecule has 24 heavy (non-hydrogen) atoms.